The molecule has 1 aromatic carbocycles. The van der Waals surface area contributed by atoms with Crippen molar-refractivity contribution in [2.24, 2.45) is 7.05 Å². The molecule has 1 saturated heterocycles. The lowest BCUT2D eigenvalue weighted by atomic mass is 9.95. The molecule has 1 amide bonds. The van der Waals surface area contributed by atoms with E-state index in [-0.39, 0.29) is 17.5 Å². The summed E-state index contributed by atoms with van der Waals surface area (Å²) in [7, 11) is 1.84. The first kappa shape index (κ1) is 23.0. The van der Waals surface area contributed by atoms with E-state index >= 15 is 0 Å². The highest BCUT2D eigenvalue weighted by Gasteiger charge is 2.29. The number of rotatable bonds is 4. The lowest BCUT2D eigenvalue weighted by Crippen LogP contribution is -2.40. The van der Waals surface area contributed by atoms with Gasteiger partial charge in [-0.05, 0) is 35.9 Å². The number of hydrogen-bond acceptors (Lipinski definition) is 3. The van der Waals surface area contributed by atoms with Crippen LogP contribution in [0, 0.1) is 0 Å². The normalized spacial score (nSPS) is 15.9. The van der Waals surface area contributed by atoms with E-state index in [4.69, 9.17) is 27.9 Å². The second kappa shape index (κ2) is 8.61. The fraction of sp³-hybridized carbons (Fsp3) is 0.391. The van der Waals surface area contributed by atoms with Gasteiger partial charge in [0.2, 0.25) is 0 Å². The van der Waals surface area contributed by atoms with Crippen molar-refractivity contribution in [2.45, 2.75) is 25.7 Å². The Hall–Kier alpha value is -2.22. The van der Waals surface area contributed by atoms with Crippen LogP contribution in [0.25, 0.3) is 11.0 Å². The zero-order valence-corrected chi connectivity index (χ0v) is 19.5. The molecule has 170 valence electrons. The molecule has 0 bridgehead atoms. The summed E-state index contributed by atoms with van der Waals surface area (Å²) in [5.41, 5.74) is 2.67. The van der Waals surface area contributed by atoms with Crippen molar-refractivity contribution in [3.63, 3.8) is 0 Å². The van der Waals surface area contributed by atoms with Crippen molar-refractivity contribution >= 4 is 40.1 Å². The van der Waals surface area contributed by atoms with E-state index in [0.29, 0.717) is 58.5 Å². The number of amides is 1. The SMILES string of the molecule is CC(c1c(Cl)ccc(C(=O)N2CCOCC2)c1Cl)c1cc2nc(C(C)(F)F)ccc2n1C. The van der Waals surface area contributed by atoms with Crippen LogP contribution in [-0.2, 0) is 17.7 Å². The molecule has 0 spiro atoms. The number of carbonyl (C=O) groups is 1. The first-order chi connectivity index (χ1) is 15.1. The van der Waals surface area contributed by atoms with Crippen molar-refractivity contribution in [3.05, 3.63) is 62.9 Å². The molecule has 9 heteroatoms. The maximum atomic E-state index is 13.7. The number of alkyl halides is 2. The van der Waals surface area contributed by atoms with E-state index in [1.807, 2.05) is 18.5 Å². The van der Waals surface area contributed by atoms with Gasteiger partial charge >= 0.3 is 0 Å². The molecule has 1 atom stereocenters. The number of aryl methyl sites for hydroxylation is 1. The summed E-state index contributed by atoms with van der Waals surface area (Å²) in [4.78, 5) is 18.9. The van der Waals surface area contributed by atoms with Gasteiger partial charge in [-0.25, -0.2) is 4.98 Å². The number of pyridine rings is 1. The molecule has 4 rings (SSSR count). The lowest BCUT2D eigenvalue weighted by molar-refractivity contribution is 0.0131. The van der Waals surface area contributed by atoms with Crippen molar-refractivity contribution in [2.75, 3.05) is 26.3 Å². The molecule has 3 heterocycles. The second-order valence-corrected chi connectivity index (χ2v) is 8.85. The third-order valence-electron chi connectivity index (χ3n) is 5.92. The summed E-state index contributed by atoms with van der Waals surface area (Å²) in [5, 5.41) is 0.723. The first-order valence-corrected chi connectivity index (χ1v) is 11.0. The fourth-order valence-electron chi connectivity index (χ4n) is 4.11. The Kier molecular flexibility index (Phi) is 6.18. The number of halogens is 4. The Morgan fingerprint density at radius 3 is 2.53 bits per heavy atom. The van der Waals surface area contributed by atoms with E-state index in [1.54, 1.807) is 29.2 Å². The van der Waals surface area contributed by atoms with Crippen LogP contribution in [-0.4, -0.2) is 46.7 Å². The van der Waals surface area contributed by atoms with Gasteiger partial charge < -0.3 is 14.2 Å². The third kappa shape index (κ3) is 4.09. The highest BCUT2D eigenvalue weighted by atomic mass is 35.5. The molecule has 3 aromatic rings. The molecule has 0 N–H and O–H groups in total. The maximum absolute atomic E-state index is 13.7. The number of benzene rings is 1. The van der Waals surface area contributed by atoms with Gasteiger partial charge in [-0.2, -0.15) is 8.78 Å². The van der Waals surface area contributed by atoms with Crippen LogP contribution in [0.5, 0.6) is 0 Å². The Morgan fingerprint density at radius 1 is 1.19 bits per heavy atom. The summed E-state index contributed by atoms with van der Waals surface area (Å²) < 4.78 is 34.7. The topological polar surface area (TPSA) is 47.4 Å². The van der Waals surface area contributed by atoms with Gasteiger partial charge in [0.1, 0.15) is 5.69 Å². The number of nitrogens with zero attached hydrogens (tertiary/aromatic N) is 3. The van der Waals surface area contributed by atoms with Gasteiger partial charge in [0, 0.05) is 43.7 Å². The Bertz CT molecular complexity index is 1180. The average Bonchev–Trinajstić information content (AvgIpc) is 3.09. The Morgan fingerprint density at radius 2 is 1.88 bits per heavy atom. The van der Waals surface area contributed by atoms with Gasteiger partial charge in [-0.15, -0.1) is 0 Å². The largest absolute Gasteiger partial charge is 0.378 e. The van der Waals surface area contributed by atoms with Crippen LogP contribution in [0.3, 0.4) is 0 Å². The van der Waals surface area contributed by atoms with Crippen LogP contribution in [0.4, 0.5) is 8.78 Å². The first-order valence-electron chi connectivity index (χ1n) is 10.3. The molecule has 1 unspecified atom stereocenters. The minimum atomic E-state index is -3.03. The highest BCUT2D eigenvalue weighted by molar-refractivity contribution is 6.38. The lowest BCUT2D eigenvalue weighted by Gasteiger charge is -2.28. The number of ether oxygens (including phenoxy) is 1. The molecule has 0 saturated carbocycles. The van der Waals surface area contributed by atoms with Gasteiger partial charge in [-0.3, -0.25) is 4.79 Å². The zero-order valence-electron chi connectivity index (χ0n) is 18.0. The van der Waals surface area contributed by atoms with E-state index < -0.39 is 5.92 Å². The van der Waals surface area contributed by atoms with Crippen molar-refractivity contribution in [3.8, 4) is 0 Å². The smallest absolute Gasteiger partial charge is 0.286 e. The maximum Gasteiger partial charge on any atom is 0.286 e. The fourth-order valence-corrected chi connectivity index (χ4v) is 4.89. The Balaban J connectivity index is 1.76. The predicted molar refractivity (Wildman–Crippen MR) is 121 cm³/mol. The minimum absolute atomic E-state index is 0.169. The third-order valence-corrected chi connectivity index (χ3v) is 6.65. The summed E-state index contributed by atoms with van der Waals surface area (Å²) in [6.07, 6.45) is 0. The molecule has 1 aliphatic rings. The van der Waals surface area contributed by atoms with Crippen molar-refractivity contribution in [1.82, 2.24) is 14.5 Å². The van der Waals surface area contributed by atoms with E-state index in [1.165, 1.54) is 6.07 Å². The van der Waals surface area contributed by atoms with E-state index in [0.717, 1.165) is 12.6 Å². The highest BCUT2D eigenvalue weighted by Crippen LogP contribution is 2.39. The summed E-state index contributed by atoms with van der Waals surface area (Å²) in [5.74, 6) is -3.51. The monoisotopic (exact) mass is 481 g/mol. The molecular weight excluding hydrogens is 459 g/mol. The zero-order chi connectivity index (χ0) is 23.2. The summed E-state index contributed by atoms with van der Waals surface area (Å²) >= 11 is 13.2. The van der Waals surface area contributed by atoms with Crippen LogP contribution in [0.1, 0.15) is 47.1 Å². The Labute approximate surface area is 194 Å². The van der Waals surface area contributed by atoms with Crippen molar-refractivity contribution in [1.29, 1.82) is 0 Å². The quantitative estimate of drug-likeness (QED) is 0.486. The van der Waals surface area contributed by atoms with Crippen molar-refractivity contribution < 1.29 is 18.3 Å². The average molecular weight is 482 g/mol. The summed E-state index contributed by atoms with van der Waals surface area (Å²) in [6.45, 7) is 4.72. The van der Waals surface area contributed by atoms with Crippen LogP contribution in [0.2, 0.25) is 10.0 Å². The van der Waals surface area contributed by atoms with E-state index in [2.05, 4.69) is 4.98 Å². The summed E-state index contributed by atoms with van der Waals surface area (Å²) in [6, 6.07) is 8.03. The molecular formula is C23H23Cl2F2N3O2. The minimum Gasteiger partial charge on any atom is -0.378 e. The molecule has 2 aromatic heterocycles. The number of morpholine rings is 1. The predicted octanol–water partition coefficient (Wildman–Crippen LogP) is 5.62. The van der Waals surface area contributed by atoms with Gasteiger partial charge in [0.15, 0.2) is 0 Å². The van der Waals surface area contributed by atoms with Crippen LogP contribution >= 0.6 is 23.2 Å². The van der Waals surface area contributed by atoms with Crippen LogP contribution < -0.4 is 0 Å². The number of fused-ring (bicyclic) bond motifs is 1. The number of hydrogen-bond donors (Lipinski definition) is 0. The molecule has 32 heavy (non-hydrogen) atoms. The van der Waals surface area contributed by atoms with E-state index in [9.17, 15) is 13.6 Å². The van der Waals surface area contributed by atoms with Gasteiger partial charge in [0.25, 0.3) is 11.8 Å². The van der Waals surface area contributed by atoms with Gasteiger partial charge in [-0.1, -0.05) is 30.1 Å². The number of carbonyl (C=O) groups excluding carboxylic acids is 1. The molecule has 1 fully saturated rings. The van der Waals surface area contributed by atoms with Gasteiger partial charge in [0.05, 0.1) is 34.8 Å². The molecule has 5 nitrogen and oxygen atoms in total. The second-order valence-electron chi connectivity index (χ2n) is 8.07. The molecule has 0 aliphatic carbocycles. The standard InChI is InChI=1S/C23H23Cl2F2N3O2/c1-13(18-12-16-17(29(18)3)6-7-19(28-16)23(2,26)27)20-15(24)5-4-14(21(20)25)22(31)30-8-10-32-11-9-30/h4-7,12-13H,8-11H2,1-3H3. The molecule has 0 radical (unpaired) electrons. The van der Waals surface area contributed by atoms with Crippen LogP contribution in [0.15, 0.2) is 30.3 Å². The molecule has 1 aliphatic heterocycles. The number of aromatic nitrogens is 2.